The quantitative estimate of drug-likeness (QED) is 0.413. The third-order valence-corrected chi connectivity index (χ3v) is 5.50. The lowest BCUT2D eigenvalue weighted by Crippen LogP contribution is -2.26. The first-order valence-electron chi connectivity index (χ1n) is 10.5. The SMILES string of the molecule is CCOC(Cc1ccc(OC/C=C2\c3ccccc3-c3cc(C)ccc32)cc1)C(=O)O. The van der Waals surface area contributed by atoms with E-state index in [-0.39, 0.29) is 0 Å². The second kappa shape index (κ2) is 9.19. The van der Waals surface area contributed by atoms with E-state index in [9.17, 15) is 9.90 Å². The number of carboxylic acid groups (broad SMARTS) is 1. The molecule has 0 amide bonds. The lowest BCUT2D eigenvalue weighted by atomic mass is 10.0. The Balaban J connectivity index is 1.46. The van der Waals surface area contributed by atoms with Gasteiger partial charge in [0, 0.05) is 13.0 Å². The Labute approximate surface area is 182 Å². The molecular weight excluding hydrogens is 388 g/mol. The maximum atomic E-state index is 11.3. The van der Waals surface area contributed by atoms with Crippen LogP contribution in [0.3, 0.4) is 0 Å². The average Bonchev–Trinajstić information content (AvgIpc) is 3.07. The number of carboxylic acids is 1. The summed E-state index contributed by atoms with van der Waals surface area (Å²) >= 11 is 0. The molecule has 31 heavy (non-hydrogen) atoms. The number of aliphatic carboxylic acids is 1. The van der Waals surface area contributed by atoms with E-state index in [0.717, 1.165) is 11.3 Å². The van der Waals surface area contributed by atoms with Crippen LogP contribution in [0, 0.1) is 6.92 Å². The van der Waals surface area contributed by atoms with Gasteiger partial charge in [0.2, 0.25) is 0 Å². The van der Waals surface area contributed by atoms with Crippen LogP contribution in [0.1, 0.15) is 29.2 Å². The van der Waals surface area contributed by atoms with Crippen LogP contribution in [0.5, 0.6) is 5.75 Å². The zero-order chi connectivity index (χ0) is 21.8. The molecule has 3 aromatic rings. The predicted octanol–water partition coefficient (Wildman–Crippen LogP) is 5.52. The molecule has 4 heteroatoms. The minimum absolute atomic E-state index is 0.334. The summed E-state index contributed by atoms with van der Waals surface area (Å²) in [5.41, 5.74) is 8.36. The molecule has 1 unspecified atom stereocenters. The number of rotatable bonds is 8. The van der Waals surface area contributed by atoms with Crippen LogP contribution in [0.15, 0.2) is 72.8 Å². The number of hydrogen-bond acceptors (Lipinski definition) is 3. The van der Waals surface area contributed by atoms with Crippen molar-refractivity contribution >= 4 is 11.5 Å². The smallest absolute Gasteiger partial charge is 0.333 e. The average molecular weight is 415 g/mol. The standard InChI is InChI=1S/C27H26O4/c1-3-30-26(27(28)29)17-19-9-11-20(12-10-19)31-15-14-24-21-6-4-5-7-22(21)25-16-18(2)8-13-23(24)25/h4-14,16,26H,3,15,17H2,1-2H3,(H,28,29)/b24-14+. The Hall–Kier alpha value is -3.37. The molecule has 1 atom stereocenters. The maximum Gasteiger partial charge on any atom is 0.333 e. The van der Waals surface area contributed by atoms with Crippen molar-refractivity contribution in [2.24, 2.45) is 0 Å². The van der Waals surface area contributed by atoms with Crippen molar-refractivity contribution < 1.29 is 19.4 Å². The van der Waals surface area contributed by atoms with Crippen molar-refractivity contribution in [1.82, 2.24) is 0 Å². The Morgan fingerprint density at radius 2 is 1.68 bits per heavy atom. The summed E-state index contributed by atoms with van der Waals surface area (Å²) in [6.07, 6.45) is 1.64. The molecule has 0 saturated carbocycles. The highest BCUT2D eigenvalue weighted by Gasteiger charge is 2.22. The minimum atomic E-state index is -0.943. The van der Waals surface area contributed by atoms with Crippen molar-refractivity contribution in [2.45, 2.75) is 26.4 Å². The van der Waals surface area contributed by atoms with Crippen molar-refractivity contribution in [2.75, 3.05) is 13.2 Å². The summed E-state index contributed by atoms with van der Waals surface area (Å²) in [6, 6.07) is 22.6. The molecule has 1 aliphatic rings. The fraction of sp³-hybridized carbons (Fsp3) is 0.222. The third kappa shape index (κ3) is 4.54. The number of carbonyl (C=O) groups is 1. The lowest BCUT2D eigenvalue weighted by molar-refractivity contribution is -0.149. The van der Waals surface area contributed by atoms with Crippen LogP contribution in [0.4, 0.5) is 0 Å². The van der Waals surface area contributed by atoms with E-state index in [1.54, 1.807) is 6.92 Å². The number of ether oxygens (including phenoxy) is 2. The van der Waals surface area contributed by atoms with Crippen LogP contribution in [-0.2, 0) is 16.0 Å². The van der Waals surface area contributed by atoms with Gasteiger partial charge in [0.05, 0.1) is 0 Å². The molecule has 1 N–H and O–H groups in total. The second-order valence-electron chi connectivity index (χ2n) is 7.65. The topological polar surface area (TPSA) is 55.8 Å². The molecule has 0 fully saturated rings. The van der Waals surface area contributed by atoms with Gasteiger partial charge in [-0.3, -0.25) is 0 Å². The first-order valence-corrected chi connectivity index (χ1v) is 10.5. The summed E-state index contributed by atoms with van der Waals surface area (Å²) in [4.78, 5) is 11.3. The van der Waals surface area contributed by atoms with Gasteiger partial charge in [0.1, 0.15) is 12.4 Å². The molecule has 1 aliphatic carbocycles. The summed E-state index contributed by atoms with van der Waals surface area (Å²) < 4.78 is 11.2. The van der Waals surface area contributed by atoms with Gasteiger partial charge in [0.15, 0.2) is 6.10 Å². The van der Waals surface area contributed by atoms with Crippen molar-refractivity contribution in [3.8, 4) is 16.9 Å². The van der Waals surface area contributed by atoms with Gasteiger partial charge in [-0.2, -0.15) is 0 Å². The molecular formula is C27H26O4. The Kier molecular flexibility index (Phi) is 6.19. The number of fused-ring (bicyclic) bond motifs is 3. The van der Waals surface area contributed by atoms with Gasteiger partial charge >= 0.3 is 5.97 Å². The van der Waals surface area contributed by atoms with E-state index in [1.807, 2.05) is 24.3 Å². The van der Waals surface area contributed by atoms with Crippen LogP contribution in [0.2, 0.25) is 0 Å². The summed E-state index contributed by atoms with van der Waals surface area (Å²) in [6.45, 7) is 4.74. The Bertz CT molecular complexity index is 1110. The molecule has 0 radical (unpaired) electrons. The van der Waals surface area contributed by atoms with Crippen LogP contribution in [0.25, 0.3) is 16.7 Å². The number of aryl methyl sites for hydroxylation is 1. The van der Waals surface area contributed by atoms with Crippen molar-refractivity contribution in [1.29, 1.82) is 0 Å². The normalized spacial score (nSPS) is 14.2. The van der Waals surface area contributed by atoms with Gasteiger partial charge in [-0.15, -0.1) is 0 Å². The van der Waals surface area contributed by atoms with Gasteiger partial charge in [-0.05, 0) is 65.4 Å². The monoisotopic (exact) mass is 414 g/mol. The first-order chi connectivity index (χ1) is 15.1. The molecule has 4 rings (SSSR count). The molecule has 3 aromatic carbocycles. The molecule has 158 valence electrons. The summed E-state index contributed by atoms with van der Waals surface area (Å²) in [5.74, 6) is -0.194. The minimum Gasteiger partial charge on any atom is -0.490 e. The fourth-order valence-corrected chi connectivity index (χ4v) is 4.01. The molecule has 0 heterocycles. The second-order valence-corrected chi connectivity index (χ2v) is 7.65. The lowest BCUT2D eigenvalue weighted by Gasteiger charge is -2.12. The highest BCUT2D eigenvalue weighted by atomic mass is 16.5. The van der Waals surface area contributed by atoms with E-state index in [1.165, 1.54) is 33.4 Å². The molecule has 0 saturated heterocycles. The van der Waals surface area contributed by atoms with E-state index < -0.39 is 12.1 Å². The molecule has 0 bridgehead atoms. The van der Waals surface area contributed by atoms with Gasteiger partial charge in [-0.25, -0.2) is 4.79 Å². The largest absolute Gasteiger partial charge is 0.490 e. The molecule has 0 aliphatic heterocycles. The molecule has 0 spiro atoms. The zero-order valence-corrected chi connectivity index (χ0v) is 17.8. The van der Waals surface area contributed by atoms with Gasteiger partial charge < -0.3 is 14.6 Å². The zero-order valence-electron chi connectivity index (χ0n) is 17.8. The van der Waals surface area contributed by atoms with E-state index in [4.69, 9.17) is 9.47 Å². The highest BCUT2D eigenvalue weighted by molar-refractivity contribution is 6.01. The van der Waals surface area contributed by atoms with Crippen LogP contribution < -0.4 is 4.74 Å². The van der Waals surface area contributed by atoms with E-state index >= 15 is 0 Å². The molecule has 0 aromatic heterocycles. The first kappa shape index (κ1) is 20.9. The van der Waals surface area contributed by atoms with Gasteiger partial charge in [-0.1, -0.05) is 60.2 Å². The maximum absolute atomic E-state index is 11.3. The van der Waals surface area contributed by atoms with Crippen molar-refractivity contribution in [3.63, 3.8) is 0 Å². The number of benzene rings is 3. The Morgan fingerprint density at radius 3 is 2.39 bits per heavy atom. The van der Waals surface area contributed by atoms with E-state index in [2.05, 4.69) is 55.5 Å². The molecule has 4 nitrogen and oxygen atoms in total. The Morgan fingerprint density at radius 1 is 0.968 bits per heavy atom. The van der Waals surface area contributed by atoms with Crippen molar-refractivity contribution in [3.05, 3.63) is 95.1 Å². The summed E-state index contributed by atoms with van der Waals surface area (Å²) in [7, 11) is 0. The predicted molar refractivity (Wildman–Crippen MR) is 122 cm³/mol. The van der Waals surface area contributed by atoms with E-state index in [0.29, 0.717) is 19.6 Å². The highest BCUT2D eigenvalue weighted by Crippen LogP contribution is 2.44. The van der Waals surface area contributed by atoms with Gasteiger partial charge in [0.25, 0.3) is 0 Å². The fourth-order valence-electron chi connectivity index (χ4n) is 4.01. The van der Waals surface area contributed by atoms with Crippen LogP contribution in [-0.4, -0.2) is 30.4 Å². The summed E-state index contributed by atoms with van der Waals surface area (Å²) in [5, 5.41) is 9.24. The third-order valence-electron chi connectivity index (χ3n) is 5.50. The van der Waals surface area contributed by atoms with Crippen LogP contribution >= 0.6 is 0 Å². The number of hydrogen-bond donors (Lipinski definition) is 1.